The van der Waals surface area contributed by atoms with Gasteiger partial charge in [-0.15, -0.1) is 10.2 Å². The van der Waals surface area contributed by atoms with Crippen LogP contribution < -0.4 is 0 Å². The molecule has 0 aliphatic rings. The Morgan fingerprint density at radius 3 is 2.52 bits per heavy atom. The van der Waals surface area contributed by atoms with Crippen LogP contribution in [0.5, 0.6) is 0 Å². The molecule has 3 aromatic rings. The second-order valence-corrected chi connectivity index (χ2v) is 5.17. The van der Waals surface area contributed by atoms with E-state index in [1.165, 1.54) is 16.5 Å². The van der Waals surface area contributed by atoms with Gasteiger partial charge in [0.2, 0.25) is 0 Å². The van der Waals surface area contributed by atoms with Crippen molar-refractivity contribution in [2.24, 2.45) is 0 Å². The SMILES string of the molecule is Cc1ccc(F)c(-c2nnc3c(Cl)nc(C)c(C)n23)c1F. The molecular formula is C14H11ClF2N4. The molecule has 3 rings (SSSR count). The molecule has 0 unspecified atom stereocenters. The Morgan fingerprint density at radius 2 is 1.81 bits per heavy atom. The normalized spacial score (nSPS) is 11.3. The van der Waals surface area contributed by atoms with Crippen molar-refractivity contribution in [1.29, 1.82) is 0 Å². The molecule has 2 heterocycles. The Bertz CT molecular complexity index is 873. The van der Waals surface area contributed by atoms with Gasteiger partial charge in [-0.1, -0.05) is 17.7 Å². The molecule has 0 aliphatic carbocycles. The average molecular weight is 309 g/mol. The van der Waals surface area contributed by atoms with E-state index in [2.05, 4.69) is 15.2 Å². The van der Waals surface area contributed by atoms with Crippen molar-refractivity contribution in [3.05, 3.63) is 45.9 Å². The number of fused-ring (bicyclic) bond motifs is 1. The lowest BCUT2D eigenvalue weighted by molar-refractivity contribution is 0.581. The van der Waals surface area contributed by atoms with Crippen molar-refractivity contribution in [2.75, 3.05) is 0 Å². The van der Waals surface area contributed by atoms with Crippen LogP contribution in [-0.4, -0.2) is 19.6 Å². The standard InChI is InChI=1S/C14H11ClF2N4/c1-6-4-5-9(16)10(11(6)17)13-19-20-14-12(15)18-7(2)8(3)21(13)14/h4-5H,1-3H3. The van der Waals surface area contributed by atoms with E-state index in [0.717, 1.165) is 0 Å². The van der Waals surface area contributed by atoms with Gasteiger partial charge in [0.15, 0.2) is 16.6 Å². The summed E-state index contributed by atoms with van der Waals surface area (Å²) in [6, 6.07) is 2.59. The molecule has 0 fully saturated rings. The Labute approximate surface area is 124 Å². The van der Waals surface area contributed by atoms with Crippen LogP contribution in [-0.2, 0) is 0 Å². The van der Waals surface area contributed by atoms with E-state index in [1.807, 2.05) is 0 Å². The third-order valence-electron chi connectivity index (χ3n) is 3.48. The van der Waals surface area contributed by atoms with Crippen LogP contribution in [0.25, 0.3) is 17.0 Å². The zero-order valence-corrected chi connectivity index (χ0v) is 12.3. The van der Waals surface area contributed by atoms with Crippen LogP contribution in [0.4, 0.5) is 8.78 Å². The van der Waals surface area contributed by atoms with Gasteiger partial charge in [0.1, 0.15) is 11.6 Å². The smallest absolute Gasteiger partial charge is 0.199 e. The topological polar surface area (TPSA) is 43.1 Å². The van der Waals surface area contributed by atoms with Gasteiger partial charge >= 0.3 is 0 Å². The fourth-order valence-corrected chi connectivity index (χ4v) is 2.45. The van der Waals surface area contributed by atoms with Gasteiger partial charge < -0.3 is 0 Å². The lowest BCUT2D eigenvalue weighted by Gasteiger charge is -2.09. The lowest BCUT2D eigenvalue weighted by atomic mass is 10.1. The van der Waals surface area contributed by atoms with Crippen LogP contribution in [0.1, 0.15) is 17.0 Å². The largest absolute Gasteiger partial charge is 0.275 e. The number of hydrogen-bond acceptors (Lipinski definition) is 3. The van der Waals surface area contributed by atoms with Gasteiger partial charge in [0, 0.05) is 5.69 Å². The second kappa shape index (κ2) is 4.73. The first kappa shape index (κ1) is 13.9. The van der Waals surface area contributed by atoms with E-state index in [4.69, 9.17) is 11.6 Å². The molecule has 0 spiro atoms. The summed E-state index contributed by atoms with van der Waals surface area (Å²) in [6.45, 7) is 5.09. The Hall–Kier alpha value is -2.08. The Balaban J connectivity index is 2.46. The number of aryl methyl sites for hydroxylation is 3. The Kier molecular flexibility index (Phi) is 3.13. The predicted molar refractivity (Wildman–Crippen MR) is 75.4 cm³/mol. The maximum absolute atomic E-state index is 14.3. The van der Waals surface area contributed by atoms with Gasteiger partial charge in [0.25, 0.3) is 0 Å². The zero-order valence-electron chi connectivity index (χ0n) is 11.6. The molecule has 2 aromatic heterocycles. The minimum absolute atomic E-state index is 0.0774. The highest BCUT2D eigenvalue weighted by molar-refractivity contribution is 6.32. The summed E-state index contributed by atoms with van der Waals surface area (Å²) in [5.41, 5.74) is 1.71. The van der Waals surface area contributed by atoms with Crippen molar-refractivity contribution in [2.45, 2.75) is 20.8 Å². The molecule has 7 heteroatoms. The molecule has 0 amide bonds. The zero-order chi connectivity index (χ0) is 15.3. The van der Waals surface area contributed by atoms with Crippen molar-refractivity contribution >= 4 is 17.2 Å². The summed E-state index contributed by atoms with van der Waals surface area (Å²) in [5, 5.41) is 7.94. The molecule has 0 radical (unpaired) electrons. The molecule has 0 N–H and O–H groups in total. The van der Waals surface area contributed by atoms with E-state index < -0.39 is 11.6 Å². The summed E-state index contributed by atoms with van der Waals surface area (Å²) >= 11 is 6.02. The molecule has 0 bridgehead atoms. The van der Waals surface area contributed by atoms with Crippen LogP contribution in [0.2, 0.25) is 5.15 Å². The lowest BCUT2D eigenvalue weighted by Crippen LogP contribution is -2.03. The Morgan fingerprint density at radius 1 is 1.10 bits per heavy atom. The van der Waals surface area contributed by atoms with Crippen LogP contribution in [0.15, 0.2) is 12.1 Å². The van der Waals surface area contributed by atoms with Gasteiger partial charge in [-0.2, -0.15) is 0 Å². The molecule has 1 aromatic carbocycles. The molecule has 0 saturated heterocycles. The predicted octanol–water partition coefficient (Wildman–Crippen LogP) is 3.65. The molecule has 0 atom stereocenters. The van der Waals surface area contributed by atoms with Gasteiger partial charge in [-0.3, -0.25) is 4.40 Å². The fourth-order valence-electron chi connectivity index (χ4n) is 2.20. The minimum Gasteiger partial charge on any atom is -0.275 e. The number of aromatic nitrogens is 4. The second-order valence-electron chi connectivity index (χ2n) is 4.81. The molecular weight excluding hydrogens is 298 g/mol. The minimum atomic E-state index is -0.697. The number of rotatable bonds is 1. The van der Waals surface area contributed by atoms with E-state index in [1.54, 1.807) is 20.8 Å². The van der Waals surface area contributed by atoms with E-state index in [-0.39, 0.29) is 22.2 Å². The first-order chi connectivity index (χ1) is 9.91. The summed E-state index contributed by atoms with van der Waals surface area (Å²) in [7, 11) is 0. The van der Waals surface area contributed by atoms with Crippen molar-refractivity contribution < 1.29 is 8.78 Å². The molecule has 108 valence electrons. The average Bonchev–Trinajstić information content (AvgIpc) is 2.86. The highest BCUT2D eigenvalue weighted by atomic mass is 35.5. The van der Waals surface area contributed by atoms with Crippen LogP contribution >= 0.6 is 11.6 Å². The van der Waals surface area contributed by atoms with Crippen molar-refractivity contribution in [3.8, 4) is 11.4 Å². The summed E-state index contributed by atoms with van der Waals surface area (Å²) in [5.74, 6) is -1.28. The highest BCUT2D eigenvalue weighted by Gasteiger charge is 2.22. The molecule has 4 nitrogen and oxygen atoms in total. The van der Waals surface area contributed by atoms with Crippen molar-refractivity contribution in [1.82, 2.24) is 19.6 Å². The molecule has 0 saturated carbocycles. The van der Waals surface area contributed by atoms with Crippen LogP contribution in [0.3, 0.4) is 0 Å². The summed E-state index contributed by atoms with van der Waals surface area (Å²) in [6.07, 6.45) is 0. The van der Waals surface area contributed by atoms with Gasteiger partial charge in [-0.05, 0) is 32.4 Å². The van der Waals surface area contributed by atoms with E-state index >= 15 is 0 Å². The first-order valence-electron chi connectivity index (χ1n) is 6.24. The van der Waals surface area contributed by atoms with Gasteiger partial charge in [-0.25, -0.2) is 13.8 Å². The summed E-state index contributed by atoms with van der Waals surface area (Å²) < 4.78 is 29.9. The first-order valence-corrected chi connectivity index (χ1v) is 6.62. The molecule has 21 heavy (non-hydrogen) atoms. The maximum atomic E-state index is 14.3. The number of halogens is 3. The fraction of sp³-hybridized carbons (Fsp3) is 0.214. The number of hydrogen-bond donors (Lipinski definition) is 0. The molecule has 0 aliphatic heterocycles. The van der Waals surface area contributed by atoms with Gasteiger partial charge in [0.05, 0.1) is 11.3 Å². The van der Waals surface area contributed by atoms with E-state index in [0.29, 0.717) is 17.0 Å². The third kappa shape index (κ3) is 1.98. The maximum Gasteiger partial charge on any atom is 0.199 e. The third-order valence-corrected chi connectivity index (χ3v) is 3.73. The summed E-state index contributed by atoms with van der Waals surface area (Å²) in [4.78, 5) is 4.13. The number of benzene rings is 1. The number of nitrogens with zero attached hydrogens (tertiary/aromatic N) is 4. The van der Waals surface area contributed by atoms with Crippen LogP contribution in [0, 0.1) is 32.4 Å². The monoisotopic (exact) mass is 308 g/mol. The highest BCUT2D eigenvalue weighted by Crippen LogP contribution is 2.29. The van der Waals surface area contributed by atoms with E-state index in [9.17, 15) is 8.78 Å². The van der Waals surface area contributed by atoms with Crippen molar-refractivity contribution in [3.63, 3.8) is 0 Å². The quantitative estimate of drug-likeness (QED) is 0.689.